The predicted molar refractivity (Wildman–Crippen MR) is 143 cm³/mol. The van der Waals surface area contributed by atoms with Crippen LogP contribution in [-0.4, -0.2) is 37.6 Å². The molecule has 33 heavy (non-hydrogen) atoms. The molecule has 2 aromatic heterocycles. The van der Waals surface area contributed by atoms with Crippen molar-refractivity contribution in [2.75, 3.05) is 18.4 Å². The van der Waals surface area contributed by atoms with E-state index in [0.717, 1.165) is 18.4 Å². The van der Waals surface area contributed by atoms with Crippen LogP contribution < -0.4 is 10.9 Å². The van der Waals surface area contributed by atoms with E-state index in [9.17, 15) is 9.59 Å². The van der Waals surface area contributed by atoms with Crippen molar-refractivity contribution in [3.8, 4) is 0 Å². The SMILES string of the molecule is CCCCCCCCN1C(=O)/C(=C/c2c(NCC(C)C)nc3ccc(C)cn3c2=O)SC1=S. The number of nitrogens with zero attached hydrogens (tertiary/aromatic N) is 3. The number of fused-ring (bicyclic) bond motifs is 1. The van der Waals surface area contributed by atoms with Crippen LogP contribution in [0.5, 0.6) is 0 Å². The van der Waals surface area contributed by atoms with Crippen molar-refractivity contribution in [2.45, 2.75) is 66.2 Å². The van der Waals surface area contributed by atoms with Crippen molar-refractivity contribution >= 4 is 51.7 Å². The first-order valence-electron chi connectivity index (χ1n) is 11.8. The largest absolute Gasteiger partial charge is 0.369 e. The highest BCUT2D eigenvalue weighted by Crippen LogP contribution is 2.33. The zero-order valence-electron chi connectivity index (χ0n) is 20.0. The van der Waals surface area contributed by atoms with Gasteiger partial charge in [-0.1, -0.05) is 82.9 Å². The number of thiocarbonyl (C=S) groups is 1. The quantitative estimate of drug-likeness (QED) is 0.252. The van der Waals surface area contributed by atoms with Gasteiger partial charge < -0.3 is 5.32 Å². The van der Waals surface area contributed by atoms with Crippen molar-refractivity contribution in [3.63, 3.8) is 0 Å². The van der Waals surface area contributed by atoms with Gasteiger partial charge in [-0.3, -0.25) is 18.9 Å². The van der Waals surface area contributed by atoms with Gasteiger partial charge in [0.2, 0.25) is 0 Å². The third-order valence-electron chi connectivity index (χ3n) is 5.57. The molecular weight excluding hydrogens is 452 g/mol. The number of carbonyl (C=O) groups excluding carboxylic acids is 1. The molecule has 1 N–H and O–H groups in total. The summed E-state index contributed by atoms with van der Waals surface area (Å²) >= 11 is 6.75. The Bertz CT molecular complexity index is 1110. The van der Waals surface area contributed by atoms with E-state index in [1.165, 1.54) is 37.4 Å². The standard InChI is InChI=1S/C25H34N4O2S2/c1-5-6-7-8-9-10-13-28-24(31)20(33-25(28)32)14-19-22(26-15-17(2)3)27-21-12-11-18(4)16-29(21)23(19)30/h11-12,14,16-17,26H,5-10,13,15H2,1-4H3/b20-14-. The minimum Gasteiger partial charge on any atom is -0.369 e. The molecule has 0 unspecified atom stereocenters. The monoisotopic (exact) mass is 486 g/mol. The van der Waals surface area contributed by atoms with Gasteiger partial charge in [0.15, 0.2) is 0 Å². The summed E-state index contributed by atoms with van der Waals surface area (Å²) in [5, 5.41) is 3.29. The number of hydrogen-bond acceptors (Lipinski definition) is 6. The lowest BCUT2D eigenvalue weighted by Gasteiger charge is -2.14. The van der Waals surface area contributed by atoms with Gasteiger partial charge in [0.25, 0.3) is 11.5 Å². The van der Waals surface area contributed by atoms with Gasteiger partial charge in [0.1, 0.15) is 15.8 Å². The second-order valence-corrected chi connectivity index (χ2v) is 10.7. The fourth-order valence-electron chi connectivity index (χ4n) is 3.70. The van der Waals surface area contributed by atoms with Crippen LogP contribution in [-0.2, 0) is 4.79 Å². The van der Waals surface area contributed by atoms with Crippen LogP contribution in [0.2, 0.25) is 0 Å². The summed E-state index contributed by atoms with van der Waals surface area (Å²) in [6, 6.07) is 3.77. The Morgan fingerprint density at radius 3 is 2.61 bits per heavy atom. The number of hydrogen-bond donors (Lipinski definition) is 1. The van der Waals surface area contributed by atoms with Crippen LogP contribution in [0.1, 0.15) is 70.4 Å². The third kappa shape index (κ3) is 6.44. The highest BCUT2D eigenvalue weighted by Gasteiger charge is 2.32. The van der Waals surface area contributed by atoms with Gasteiger partial charge in [-0.05, 0) is 37.0 Å². The summed E-state index contributed by atoms with van der Waals surface area (Å²) < 4.78 is 2.10. The zero-order chi connectivity index (χ0) is 24.0. The van der Waals surface area contributed by atoms with E-state index in [-0.39, 0.29) is 11.5 Å². The van der Waals surface area contributed by atoms with Crippen molar-refractivity contribution in [2.24, 2.45) is 5.92 Å². The average molecular weight is 487 g/mol. The molecule has 0 aliphatic carbocycles. The molecule has 1 aliphatic heterocycles. The summed E-state index contributed by atoms with van der Waals surface area (Å²) in [7, 11) is 0. The van der Waals surface area contributed by atoms with Crippen LogP contribution in [0.4, 0.5) is 5.82 Å². The molecule has 1 fully saturated rings. The molecule has 3 heterocycles. The third-order valence-corrected chi connectivity index (χ3v) is 6.95. The molecule has 6 nitrogen and oxygen atoms in total. The molecule has 3 rings (SSSR count). The number of aromatic nitrogens is 2. The Kier molecular flexibility index (Phi) is 9.09. The molecule has 0 radical (unpaired) electrons. The summed E-state index contributed by atoms with van der Waals surface area (Å²) in [5.74, 6) is 0.757. The second kappa shape index (κ2) is 11.8. The van der Waals surface area contributed by atoms with Crippen molar-refractivity contribution < 1.29 is 4.79 Å². The Balaban J connectivity index is 1.87. The lowest BCUT2D eigenvalue weighted by atomic mass is 10.1. The highest BCUT2D eigenvalue weighted by atomic mass is 32.2. The second-order valence-electron chi connectivity index (χ2n) is 8.99. The van der Waals surface area contributed by atoms with Gasteiger partial charge in [0.05, 0.1) is 10.5 Å². The van der Waals surface area contributed by atoms with Gasteiger partial charge in [-0.15, -0.1) is 0 Å². The summed E-state index contributed by atoms with van der Waals surface area (Å²) in [4.78, 5) is 33.3. The van der Waals surface area contributed by atoms with Crippen LogP contribution in [0.3, 0.4) is 0 Å². The minimum absolute atomic E-state index is 0.123. The molecule has 0 atom stereocenters. The first-order chi connectivity index (χ1) is 15.8. The maximum atomic E-state index is 13.4. The van der Waals surface area contributed by atoms with Gasteiger partial charge in [0, 0.05) is 19.3 Å². The van der Waals surface area contributed by atoms with E-state index < -0.39 is 0 Å². The fourth-order valence-corrected chi connectivity index (χ4v) is 4.99. The van der Waals surface area contributed by atoms with Crippen molar-refractivity contribution in [3.05, 3.63) is 44.7 Å². The first-order valence-corrected chi connectivity index (χ1v) is 13.1. The molecule has 0 spiro atoms. The minimum atomic E-state index is -0.198. The number of unbranched alkanes of at least 4 members (excludes halogenated alkanes) is 5. The number of nitrogens with one attached hydrogen (secondary N) is 1. The molecule has 0 aromatic carbocycles. The number of aryl methyl sites for hydroxylation is 1. The number of anilines is 1. The summed E-state index contributed by atoms with van der Waals surface area (Å²) in [5.41, 5.74) is 1.73. The Labute approximate surface area is 205 Å². The zero-order valence-corrected chi connectivity index (χ0v) is 21.7. The Morgan fingerprint density at radius 2 is 1.88 bits per heavy atom. The molecule has 1 saturated heterocycles. The summed E-state index contributed by atoms with van der Waals surface area (Å²) in [6.45, 7) is 9.63. The number of amides is 1. The number of carbonyl (C=O) groups is 1. The molecule has 2 aromatic rings. The maximum absolute atomic E-state index is 13.4. The van der Waals surface area contributed by atoms with Crippen LogP contribution >= 0.6 is 24.0 Å². The molecule has 1 amide bonds. The van der Waals surface area contributed by atoms with E-state index in [4.69, 9.17) is 12.2 Å². The van der Waals surface area contributed by atoms with E-state index >= 15 is 0 Å². The fraction of sp³-hybridized carbons (Fsp3) is 0.520. The number of pyridine rings is 1. The van der Waals surface area contributed by atoms with Crippen molar-refractivity contribution in [1.82, 2.24) is 14.3 Å². The lowest BCUT2D eigenvalue weighted by molar-refractivity contribution is -0.122. The average Bonchev–Trinajstić information content (AvgIpc) is 3.04. The highest BCUT2D eigenvalue weighted by molar-refractivity contribution is 8.26. The molecule has 8 heteroatoms. The Hall–Kier alpha value is -2.19. The van der Waals surface area contributed by atoms with Crippen LogP contribution in [0.15, 0.2) is 28.0 Å². The summed E-state index contributed by atoms with van der Waals surface area (Å²) in [6.07, 6.45) is 10.4. The smallest absolute Gasteiger partial charge is 0.267 e. The molecule has 0 saturated carbocycles. The van der Waals surface area contributed by atoms with Crippen LogP contribution in [0, 0.1) is 12.8 Å². The Morgan fingerprint density at radius 1 is 1.15 bits per heavy atom. The molecular formula is C25H34N4O2S2. The number of rotatable bonds is 11. The number of thioether (sulfide) groups is 1. The van der Waals surface area contributed by atoms with E-state index in [1.54, 1.807) is 21.6 Å². The topological polar surface area (TPSA) is 66.7 Å². The normalized spacial score (nSPS) is 15.4. The molecule has 1 aliphatic rings. The molecule has 178 valence electrons. The molecule has 0 bridgehead atoms. The van der Waals surface area contributed by atoms with E-state index in [1.807, 2.05) is 19.1 Å². The van der Waals surface area contributed by atoms with E-state index in [2.05, 4.69) is 31.1 Å². The maximum Gasteiger partial charge on any atom is 0.267 e. The van der Waals surface area contributed by atoms with Gasteiger partial charge in [-0.25, -0.2) is 4.98 Å². The van der Waals surface area contributed by atoms with Crippen LogP contribution in [0.25, 0.3) is 11.7 Å². The predicted octanol–water partition coefficient (Wildman–Crippen LogP) is 5.63. The van der Waals surface area contributed by atoms with Crippen molar-refractivity contribution in [1.29, 1.82) is 0 Å². The van der Waals surface area contributed by atoms with E-state index in [0.29, 0.717) is 45.3 Å². The van der Waals surface area contributed by atoms with Gasteiger partial charge >= 0.3 is 0 Å². The lowest BCUT2D eigenvalue weighted by Crippen LogP contribution is -2.29. The first kappa shape index (κ1) is 25.4. The van der Waals surface area contributed by atoms with Gasteiger partial charge in [-0.2, -0.15) is 0 Å².